The molecule has 23 heavy (non-hydrogen) atoms. The van der Waals surface area contributed by atoms with Crippen LogP contribution >= 0.6 is 0 Å². The maximum Gasteiger partial charge on any atom is 0.407 e. The van der Waals surface area contributed by atoms with Crippen molar-refractivity contribution in [3.05, 3.63) is 0 Å². The zero-order valence-electron chi connectivity index (χ0n) is 14.4. The maximum atomic E-state index is 11.9. The largest absolute Gasteiger partial charge is 0.481 e. The average Bonchev–Trinajstić information content (AvgIpc) is 3.02. The van der Waals surface area contributed by atoms with Gasteiger partial charge >= 0.3 is 12.1 Å². The molecule has 0 radical (unpaired) electrons. The van der Waals surface area contributed by atoms with Gasteiger partial charge in [-0.25, -0.2) is 4.79 Å². The molecule has 0 aromatic carbocycles. The van der Waals surface area contributed by atoms with Crippen LogP contribution in [0, 0.1) is 0 Å². The molecule has 1 rings (SSSR count). The molecule has 134 valence electrons. The first-order chi connectivity index (χ1) is 11.1. The Hall–Kier alpha value is -1.30. The van der Waals surface area contributed by atoms with Crippen molar-refractivity contribution in [3.63, 3.8) is 0 Å². The summed E-state index contributed by atoms with van der Waals surface area (Å²) in [5.41, 5.74) is 0. The van der Waals surface area contributed by atoms with E-state index in [0.29, 0.717) is 13.0 Å². The first-order valence-electron chi connectivity index (χ1n) is 9.00. The Morgan fingerprint density at radius 3 is 2.57 bits per heavy atom. The molecule has 0 bridgehead atoms. The van der Waals surface area contributed by atoms with Gasteiger partial charge in [0.15, 0.2) is 0 Å². The van der Waals surface area contributed by atoms with Crippen LogP contribution in [0.15, 0.2) is 0 Å². The highest BCUT2D eigenvalue weighted by Crippen LogP contribution is 2.13. The summed E-state index contributed by atoms with van der Waals surface area (Å²) in [6.45, 7) is 5.79. The van der Waals surface area contributed by atoms with Gasteiger partial charge < -0.3 is 20.1 Å². The molecule has 0 saturated carbocycles. The molecule has 1 fully saturated rings. The number of amides is 1. The SMILES string of the molecule is CCCCCC[C@H](CCC(=O)O)OC(=O)NCCN1CCCC1. The molecule has 1 atom stereocenters. The number of nitrogens with one attached hydrogen (secondary N) is 1. The zero-order valence-corrected chi connectivity index (χ0v) is 14.4. The second-order valence-corrected chi connectivity index (χ2v) is 6.28. The number of carboxylic acid groups (broad SMARTS) is 1. The lowest BCUT2D eigenvalue weighted by atomic mass is 10.1. The Kier molecular flexibility index (Phi) is 10.4. The van der Waals surface area contributed by atoms with Crippen molar-refractivity contribution >= 4 is 12.1 Å². The summed E-state index contributed by atoms with van der Waals surface area (Å²) >= 11 is 0. The standard InChI is InChI=1S/C17H32N2O4/c1-2-3-4-5-8-15(9-10-16(20)21)23-17(22)18-11-14-19-12-6-7-13-19/h15H,2-14H2,1H3,(H,18,22)(H,20,21)/t15-/m1/s1. The number of unbranched alkanes of at least 4 members (excludes halogenated alkanes) is 3. The normalized spacial score (nSPS) is 16.2. The van der Waals surface area contributed by atoms with Crippen molar-refractivity contribution in [1.29, 1.82) is 0 Å². The number of ether oxygens (including phenoxy) is 1. The topological polar surface area (TPSA) is 78.9 Å². The first kappa shape index (κ1) is 19.7. The van der Waals surface area contributed by atoms with Crippen molar-refractivity contribution in [2.24, 2.45) is 0 Å². The second kappa shape index (κ2) is 12.2. The van der Waals surface area contributed by atoms with Gasteiger partial charge in [-0.3, -0.25) is 4.79 Å². The van der Waals surface area contributed by atoms with Crippen LogP contribution in [-0.2, 0) is 9.53 Å². The summed E-state index contributed by atoms with van der Waals surface area (Å²) < 4.78 is 5.41. The van der Waals surface area contributed by atoms with Gasteiger partial charge in [0.2, 0.25) is 0 Å². The highest BCUT2D eigenvalue weighted by Gasteiger charge is 2.16. The molecule has 1 heterocycles. The van der Waals surface area contributed by atoms with Crippen LogP contribution in [0.25, 0.3) is 0 Å². The Morgan fingerprint density at radius 2 is 1.91 bits per heavy atom. The van der Waals surface area contributed by atoms with E-state index in [1.807, 2.05) is 0 Å². The van der Waals surface area contributed by atoms with E-state index < -0.39 is 12.1 Å². The maximum absolute atomic E-state index is 11.9. The van der Waals surface area contributed by atoms with E-state index in [9.17, 15) is 9.59 Å². The van der Waals surface area contributed by atoms with E-state index in [4.69, 9.17) is 9.84 Å². The van der Waals surface area contributed by atoms with Gasteiger partial charge in [-0.2, -0.15) is 0 Å². The predicted octanol–water partition coefficient (Wildman–Crippen LogP) is 3.01. The predicted molar refractivity (Wildman–Crippen MR) is 89.6 cm³/mol. The molecule has 0 aromatic rings. The molecule has 0 spiro atoms. The second-order valence-electron chi connectivity index (χ2n) is 6.28. The number of carbonyl (C=O) groups is 2. The Balaban J connectivity index is 2.22. The number of likely N-dealkylation sites (tertiary alicyclic amines) is 1. The fraction of sp³-hybridized carbons (Fsp3) is 0.882. The Labute approximate surface area is 139 Å². The summed E-state index contributed by atoms with van der Waals surface area (Å²) in [5.74, 6) is -0.846. The molecule has 2 N–H and O–H groups in total. The lowest BCUT2D eigenvalue weighted by Gasteiger charge is -2.19. The van der Waals surface area contributed by atoms with Crippen LogP contribution < -0.4 is 5.32 Å². The van der Waals surface area contributed by atoms with Crippen molar-refractivity contribution in [2.75, 3.05) is 26.2 Å². The van der Waals surface area contributed by atoms with Crippen LogP contribution in [0.4, 0.5) is 4.79 Å². The van der Waals surface area contributed by atoms with Crippen LogP contribution in [0.1, 0.15) is 64.7 Å². The third-order valence-electron chi connectivity index (χ3n) is 4.23. The van der Waals surface area contributed by atoms with E-state index in [-0.39, 0.29) is 12.5 Å². The summed E-state index contributed by atoms with van der Waals surface area (Å²) in [5, 5.41) is 11.6. The van der Waals surface area contributed by atoms with Crippen LogP contribution in [0.2, 0.25) is 0 Å². The van der Waals surface area contributed by atoms with Gasteiger partial charge in [-0.15, -0.1) is 0 Å². The molecule has 1 amide bonds. The Morgan fingerprint density at radius 1 is 1.17 bits per heavy atom. The third-order valence-corrected chi connectivity index (χ3v) is 4.23. The minimum atomic E-state index is -0.846. The van der Waals surface area contributed by atoms with Crippen molar-refractivity contribution < 1.29 is 19.4 Å². The summed E-state index contributed by atoms with van der Waals surface area (Å²) in [6.07, 6.45) is 7.31. The fourth-order valence-electron chi connectivity index (χ4n) is 2.86. The fourth-order valence-corrected chi connectivity index (χ4v) is 2.86. The summed E-state index contributed by atoms with van der Waals surface area (Å²) in [4.78, 5) is 24.9. The quantitative estimate of drug-likeness (QED) is 0.538. The molecular formula is C17H32N2O4. The molecule has 0 aliphatic carbocycles. The van der Waals surface area contributed by atoms with Gasteiger partial charge in [0.05, 0.1) is 0 Å². The molecule has 1 saturated heterocycles. The van der Waals surface area contributed by atoms with Crippen LogP contribution in [0.3, 0.4) is 0 Å². The number of hydrogen-bond acceptors (Lipinski definition) is 4. The van der Waals surface area contributed by atoms with E-state index in [0.717, 1.165) is 51.7 Å². The number of nitrogens with zero attached hydrogens (tertiary/aromatic N) is 1. The van der Waals surface area contributed by atoms with Crippen LogP contribution in [-0.4, -0.2) is 54.4 Å². The summed E-state index contributed by atoms with van der Waals surface area (Å²) in [6, 6.07) is 0. The third kappa shape index (κ3) is 10.2. The molecule has 0 unspecified atom stereocenters. The lowest BCUT2D eigenvalue weighted by Crippen LogP contribution is -2.35. The summed E-state index contributed by atoms with van der Waals surface area (Å²) in [7, 11) is 0. The van der Waals surface area contributed by atoms with Gasteiger partial charge in [-0.1, -0.05) is 26.2 Å². The van der Waals surface area contributed by atoms with Crippen molar-refractivity contribution in [1.82, 2.24) is 10.2 Å². The van der Waals surface area contributed by atoms with Crippen molar-refractivity contribution in [2.45, 2.75) is 70.8 Å². The van der Waals surface area contributed by atoms with Crippen LogP contribution in [0.5, 0.6) is 0 Å². The van der Waals surface area contributed by atoms with Gasteiger partial charge in [0.1, 0.15) is 6.10 Å². The smallest absolute Gasteiger partial charge is 0.407 e. The van der Waals surface area contributed by atoms with Gasteiger partial charge in [-0.05, 0) is 45.2 Å². The van der Waals surface area contributed by atoms with Crippen molar-refractivity contribution in [3.8, 4) is 0 Å². The molecule has 6 heteroatoms. The lowest BCUT2D eigenvalue weighted by molar-refractivity contribution is -0.137. The minimum absolute atomic E-state index is 0.0412. The molecule has 6 nitrogen and oxygen atoms in total. The monoisotopic (exact) mass is 328 g/mol. The average molecular weight is 328 g/mol. The first-order valence-corrected chi connectivity index (χ1v) is 9.00. The minimum Gasteiger partial charge on any atom is -0.481 e. The number of hydrogen-bond donors (Lipinski definition) is 2. The Bertz CT molecular complexity index is 343. The van der Waals surface area contributed by atoms with E-state index in [2.05, 4.69) is 17.1 Å². The van der Waals surface area contributed by atoms with E-state index >= 15 is 0 Å². The van der Waals surface area contributed by atoms with E-state index in [1.165, 1.54) is 12.8 Å². The molecule has 1 aliphatic heterocycles. The van der Waals surface area contributed by atoms with Gasteiger partial charge in [0.25, 0.3) is 0 Å². The highest BCUT2D eigenvalue weighted by molar-refractivity contribution is 5.68. The highest BCUT2D eigenvalue weighted by atomic mass is 16.6. The number of carboxylic acids is 1. The number of aliphatic carboxylic acids is 1. The molecule has 0 aromatic heterocycles. The zero-order chi connectivity index (χ0) is 16.9. The number of rotatable bonds is 12. The van der Waals surface area contributed by atoms with Gasteiger partial charge in [0, 0.05) is 19.5 Å². The number of alkyl carbamates (subject to hydrolysis) is 1. The molecule has 1 aliphatic rings. The van der Waals surface area contributed by atoms with E-state index in [1.54, 1.807) is 0 Å². The molecular weight excluding hydrogens is 296 g/mol. The number of carbonyl (C=O) groups excluding carboxylic acids is 1.